The van der Waals surface area contributed by atoms with Crippen molar-refractivity contribution in [3.05, 3.63) is 119 Å². The number of rotatable bonds is 11. The van der Waals surface area contributed by atoms with Gasteiger partial charge in [-0.15, -0.1) is 0 Å². The summed E-state index contributed by atoms with van der Waals surface area (Å²) >= 11 is 0. The third-order valence-electron chi connectivity index (χ3n) is 9.43. The second-order valence-electron chi connectivity index (χ2n) is 13.1. The number of para-hydroxylation sites is 1. The van der Waals surface area contributed by atoms with E-state index in [2.05, 4.69) is 70.3 Å². The Kier molecular flexibility index (Phi) is 9.93. The number of benzene rings is 3. The highest BCUT2D eigenvalue weighted by Gasteiger charge is 2.25. The van der Waals surface area contributed by atoms with E-state index in [9.17, 15) is 0 Å². The Hall–Kier alpha value is -5.03. The van der Waals surface area contributed by atoms with Gasteiger partial charge in [0.25, 0.3) is 0 Å². The maximum Gasteiger partial charge on any atom is 0.216 e. The van der Waals surface area contributed by atoms with Crippen molar-refractivity contribution < 1.29 is 18.9 Å². The fourth-order valence-electron chi connectivity index (χ4n) is 6.56. The molecule has 0 spiro atoms. The third kappa shape index (κ3) is 7.42. The average molecular weight is 673 g/mol. The van der Waals surface area contributed by atoms with E-state index < -0.39 is 0 Å². The number of aromatic nitrogens is 3. The number of aryl methyl sites for hydroxylation is 1. The normalized spacial score (nSPS) is 15.1. The summed E-state index contributed by atoms with van der Waals surface area (Å²) < 4.78 is 23.9. The summed E-state index contributed by atoms with van der Waals surface area (Å²) in [5.41, 5.74) is 15.7. The van der Waals surface area contributed by atoms with Gasteiger partial charge < -0.3 is 34.5 Å². The van der Waals surface area contributed by atoms with Crippen LogP contribution in [-0.4, -0.2) is 67.4 Å². The topological polar surface area (TPSA) is 108 Å². The van der Waals surface area contributed by atoms with Gasteiger partial charge in [-0.05, 0) is 80.0 Å². The second-order valence-corrected chi connectivity index (χ2v) is 13.1. The van der Waals surface area contributed by atoms with Crippen molar-refractivity contribution in [3.63, 3.8) is 0 Å². The molecule has 3 aromatic carbocycles. The first-order valence-corrected chi connectivity index (χ1v) is 17.1. The third-order valence-corrected chi connectivity index (χ3v) is 9.43. The zero-order valence-corrected chi connectivity index (χ0v) is 29.1. The molecule has 10 nitrogen and oxygen atoms in total. The zero-order valence-electron chi connectivity index (χ0n) is 29.1. The fourth-order valence-corrected chi connectivity index (χ4v) is 6.56. The van der Waals surface area contributed by atoms with Crippen molar-refractivity contribution in [1.29, 1.82) is 0 Å². The van der Waals surface area contributed by atoms with E-state index in [0.29, 0.717) is 32.1 Å². The number of morpholine rings is 1. The molecule has 2 aromatic heterocycles. The molecule has 0 bridgehead atoms. The Balaban J connectivity index is 1.14. The van der Waals surface area contributed by atoms with E-state index in [-0.39, 0.29) is 12.1 Å². The van der Waals surface area contributed by atoms with Crippen molar-refractivity contribution in [2.24, 2.45) is 5.73 Å². The highest BCUT2D eigenvalue weighted by molar-refractivity contribution is 5.75. The molecule has 0 saturated carbocycles. The lowest BCUT2D eigenvalue weighted by molar-refractivity contribution is 0.122. The van der Waals surface area contributed by atoms with E-state index in [1.54, 1.807) is 7.11 Å². The molecule has 0 amide bonds. The number of hydrogen-bond donors (Lipinski definition) is 1. The molecule has 0 radical (unpaired) electrons. The molecule has 1 fully saturated rings. The lowest BCUT2D eigenvalue weighted by atomic mass is 9.92. The minimum atomic E-state index is -0.188. The van der Waals surface area contributed by atoms with Crippen LogP contribution < -0.4 is 24.8 Å². The Morgan fingerprint density at radius 2 is 1.76 bits per heavy atom. The molecule has 4 heterocycles. The van der Waals surface area contributed by atoms with Gasteiger partial charge in [0.05, 0.1) is 49.6 Å². The number of ether oxygens (including phenoxy) is 4. The van der Waals surface area contributed by atoms with Crippen LogP contribution >= 0.6 is 0 Å². The van der Waals surface area contributed by atoms with Gasteiger partial charge in [-0.1, -0.05) is 36.4 Å². The Morgan fingerprint density at radius 1 is 0.940 bits per heavy atom. The number of nitrogens with zero attached hydrogens (tertiary/aromatic N) is 5. The Bertz CT molecular complexity index is 1930. The van der Waals surface area contributed by atoms with Crippen LogP contribution in [0.2, 0.25) is 0 Å². The van der Waals surface area contributed by atoms with Crippen molar-refractivity contribution >= 4 is 5.69 Å². The van der Waals surface area contributed by atoms with Gasteiger partial charge in [0, 0.05) is 49.1 Å². The van der Waals surface area contributed by atoms with Gasteiger partial charge in [-0.2, -0.15) is 0 Å². The summed E-state index contributed by atoms with van der Waals surface area (Å²) in [6.45, 7) is 5.30. The Labute approximate surface area is 293 Å². The summed E-state index contributed by atoms with van der Waals surface area (Å²) in [4.78, 5) is 18.6. The molecule has 5 aromatic rings. The van der Waals surface area contributed by atoms with Gasteiger partial charge in [-0.25, -0.2) is 4.98 Å². The SMILES string of the molecule is COc1ccc(COc2cc(N3CCOCC3)cc(-c3cccc4c3Oc3ccc(C(N)CC(c5cnc(C)cn5)N(C)C)cc3C4)n2)cc1. The van der Waals surface area contributed by atoms with Crippen molar-refractivity contribution in [1.82, 2.24) is 19.9 Å². The summed E-state index contributed by atoms with van der Waals surface area (Å²) in [5.74, 6) is 3.01. The average Bonchev–Trinajstić information content (AvgIpc) is 3.15. The molecule has 2 atom stereocenters. The standard InChI is InChI=1S/C40H44N6O4/c1-26-23-43-36(24-42-26)37(45(2)3)22-34(41)28-10-13-38-30(18-28)19-29-6-5-7-33(40(29)50-38)35-20-31(46-14-16-48-17-15-46)21-39(44-35)49-25-27-8-11-32(47-4)12-9-27/h5-13,18,20-21,23-24,34,37H,14-17,19,22,25,41H2,1-4H3. The largest absolute Gasteiger partial charge is 0.497 e. The Morgan fingerprint density at radius 3 is 2.50 bits per heavy atom. The van der Waals surface area contributed by atoms with Crippen molar-refractivity contribution in [2.45, 2.75) is 38.5 Å². The molecule has 10 heteroatoms. The zero-order chi connectivity index (χ0) is 34.6. The number of nitrogens with two attached hydrogens (primary N) is 1. The molecular formula is C40H44N6O4. The number of methoxy groups -OCH3 is 1. The molecule has 7 rings (SSSR count). The smallest absolute Gasteiger partial charge is 0.216 e. The van der Waals surface area contributed by atoms with E-state index in [1.807, 2.05) is 55.7 Å². The molecular weight excluding hydrogens is 628 g/mol. The predicted molar refractivity (Wildman–Crippen MR) is 194 cm³/mol. The molecule has 2 aliphatic rings. The first-order chi connectivity index (χ1) is 24.3. The van der Waals surface area contributed by atoms with Crippen LogP contribution in [0.3, 0.4) is 0 Å². The summed E-state index contributed by atoms with van der Waals surface area (Å²) in [7, 11) is 5.77. The van der Waals surface area contributed by atoms with Crippen LogP contribution in [0.15, 0.2) is 85.2 Å². The minimum Gasteiger partial charge on any atom is -0.497 e. The molecule has 50 heavy (non-hydrogen) atoms. The summed E-state index contributed by atoms with van der Waals surface area (Å²) in [5, 5.41) is 0. The minimum absolute atomic E-state index is 0.0412. The monoisotopic (exact) mass is 672 g/mol. The van der Waals surface area contributed by atoms with Crippen LogP contribution in [0.5, 0.6) is 23.1 Å². The maximum absolute atomic E-state index is 6.84. The summed E-state index contributed by atoms with van der Waals surface area (Å²) in [6, 6.07) is 24.4. The van der Waals surface area contributed by atoms with Crippen LogP contribution in [0.1, 0.15) is 52.1 Å². The molecule has 258 valence electrons. The van der Waals surface area contributed by atoms with Crippen LogP contribution in [-0.2, 0) is 17.8 Å². The van der Waals surface area contributed by atoms with Crippen LogP contribution in [0, 0.1) is 6.92 Å². The van der Waals surface area contributed by atoms with E-state index in [0.717, 1.165) is 87.3 Å². The lowest BCUT2D eigenvalue weighted by Gasteiger charge is -2.30. The van der Waals surface area contributed by atoms with Crippen molar-refractivity contribution in [2.75, 3.05) is 52.4 Å². The first-order valence-electron chi connectivity index (χ1n) is 17.1. The van der Waals surface area contributed by atoms with E-state index in [4.69, 9.17) is 29.7 Å². The number of fused-ring (bicyclic) bond motifs is 2. The molecule has 0 aliphatic carbocycles. The quantitative estimate of drug-likeness (QED) is 0.161. The molecule has 2 aliphatic heterocycles. The van der Waals surface area contributed by atoms with Crippen LogP contribution in [0.4, 0.5) is 5.69 Å². The molecule has 1 saturated heterocycles. The predicted octanol–water partition coefficient (Wildman–Crippen LogP) is 6.66. The lowest BCUT2D eigenvalue weighted by Crippen LogP contribution is -2.36. The highest BCUT2D eigenvalue weighted by atomic mass is 16.5. The first kappa shape index (κ1) is 33.5. The highest BCUT2D eigenvalue weighted by Crippen LogP contribution is 2.44. The number of pyridine rings is 1. The fraction of sp³-hybridized carbons (Fsp3) is 0.325. The van der Waals surface area contributed by atoms with E-state index >= 15 is 0 Å². The van der Waals surface area contributed by atoms with Gasteiger partial charge in [0.15, 0.2) is 0 Å². The van der Waals surface area contributed by atoms with Gasteiger partial charge in [0.1, 0.15) is 23.9 Å². The molecule has 2 unspecified atom stereocenters. The van der Waals surface area contributed by atoms with Crippen molar-refractivity contribution in [3.8, 4) is 34.4 Å². The number of hydrogen-bond acceptors (Lipinski definition) is 10. The van der Waals surface area contributed by atoms with Crippen LogP contribution in [0.25, 0.3) is 11.3 Å². The second kappa shape index (κ2) is 14.8. The molecule has 2 N–H and O–H groups in total. The van der Waals surface area contributed by atoms with E-state index in [1.165, 1.54) is 0 Å². The van der Waals surface area contributed by atoms with Gasteiger partial charge in [-0.3, -0.25) is 9.97 Å². The van der Waals surface area contributed by atoms with Gasteiger partial charge >= 0.3 is 0 Å². The summed E-state index contributed by atoms with van der Waals surface area (Å²) in [6.07, 6.45) is 5.09. The maximum atomic E-state index is 6.84. The van der Waals surface area contributed by atoms with Gasteiger partial charge in [0.2, 0.25) is 5.88 Å². The number of anilines is 1.